The maximum atomic E-state index is 4.13. The molecule has 0 atom stereocenters. The molecule has 0 aliphatic rings. The van der Waals surface area contributed by atoms with Crippen LogP contribution in [0.4, 0.5) is 11.4 Å². The number of aromatic nitrogens is 1. The minimum Gasteiger partial charge on any atom is -0.388 e. The fourth-order valence-electron chi connectivity index (χ4n) is 1.85. The molecule has 0 amide bonds. The summed E-state index contributed by atoms with van der Waals surface area (Å²) >= 11 is 0. The Morgan fingerprint density at radius 1 is 1.17 bits per heavy atom. The summed E-state index contributed by atoms with van der Waals surface area (Å²) in [5.74, 6) is 0. The number of hydrogen-bond donors (Lipinski definition) is 1. The lowest BCUT2D eigenvalue weighted by atomic mass is 10.2. The molecule has 0 fully saturated rings. The zero-order valence-electron chi connectivity index (χ0n) is 10.9. The molecule has 0 unspecified atom stereocenters. The topological polar surface area (TPSA) is 28.2 Å². The number of nitrogens with one attached hydrogen (secondary N) is 1. The summed E-state index contributed by atoms with van der Waals surface area (Å²) in [5, 5.41) is 3.12. The average Bonchev–Trinajstić information content (AvgIpc) is 2.46. The van der Waals surface area contributed by atoms with Crippen molar-refractivity contribution in [2.45, 2.75) is 6.42 Å². The second-order valence-electron chi connectivity index (χ2n) is 4.33. The molecule has 2 rings (SSSR count). The van der Waals surface area contributed by atoms with Gasteiger partial charge in [0, 0.05) is 44.4 Å². The number of nitrogens with zero attached hydrogens (tertiary/aromatic N) is 2. The Hall–Kier alpha value is -2.03. The summed E-state index contributed by atoms with van der Waals surface area (Å²) < 4.78 is 0. The monoisotopic (exact) mass is 241 g/mol. The molecule has 0 radical (unpaired) electrons. The SMILES string of the molecule is CNc1ccc(N(C)CCc2cccnc2)cc1. The Labute approximate surface area is 108 Å². The predicted molar refractivity (Wildman–Crippen MR) is 77.2 cm³/mol. The number of hydrogen-bond acceptors (Lipinski definition) is 3. The summed E-state index contributed by atoms with van der Waals surface area (Å²) in [6.45, 7) is 0.991. The number of likely N-dealkylation sites (N-methyl/N-ethyl adjacent to an activating group) is 1. The van der Waals surface area contributed by atoms with Gasteiger partial charge in [0.25, 0.3) is 0 Å². The molecule has 18 heavy (non-hydrogen) atoms. The Balaban J connectivity index is 1.93. The van der Waals surface area contributed by atoms with Crippen molar-refractivity contribution < 1.29 is 0 Å². The second-order valence-corrected chi connectivity index (χ2v) is 4.33. The van der Waals surface area contributed by atoms with Crippen molar-refractivity contribution in [1.82, 2.24) is 4.98 Å². The van der Waals surface area contributed by atoms with E-state index in [0.717, 1.165) is 18.7 Å². The van der Waals surface area contributed by atoms with E-state index in [4.69, 9.17) is 0 Å². The van der Waals surface area contributed by atoms with E-state index in [2.05, 4.69) is 52.6 Å². The van der Waals surface area contributed by atoms with Crippen LogP contribution in [-0.2, 0) is 6.42 Å². The molecule has 0 saturated heterocycles. The smallest absolute Gasteiger partial charge is 0.0365 e. The number of pyridine rings is 1. The van der Waals surface area contributed by atoms with E-state index in [1.807, 2.05) is 25.5 Å². The van der Waals surface area contributed by atoms with Gasteiger partial charge in [0.15, 0.2) is 0 Å². The van der Waals surface area contributed by atoms with Crippen LogP contribution in [0.5, 0.6) is 0 Å². The van der Waals surface area contributed by atoms with Gasteiger partial charge in [-0.1, -0.05) is 6.07 Å². The fraction of sp³-hybridized carbons (Fsp3) is 0.267. The largest absolute Gasteiger partial charge is 0.388 e. The third kappa shape index (κ3) is 3.23. The van der Waals surface area contributed by atoms with Crippen LogP contribution in [0, 0.1) is 0 Å². The maximum Gasteiger partial charge on any atom is 0.0365 e. The molecule has 0 aliphatic carbocycles. The van der Waals surface area contributed by atoms with Crippen LogP contribution in [0.3, 0.4) is 0 Å². The summed E-state index contributed by atoms with van der Waals surface area (Å²) in [4.78, 5) is 6.39. The highest BCUT2D eigenvalue weighted by Crippen LogP contribution is 2.16. The maximum absolute atomic E-state index is 4.13. The van der Waals surface area contributed by atoms with Crippen molar-refractivity contribution in [1.29, 1.82) is 0 Å². The highest BCUT2D eigenvalue weighted by molar-refractivity contribution is 5.54. The molecule has 1 heterocycles. The van der Waals surface area contributed by atoms with E-state index in [9.17, 15) is 0 Å². The van der Waals surface area contributed by atoms with Gasteiger partial charge in [-0.3, -0.25) is 4.98 Å². The Morgan fingerprint density at radius 3 is 2.56 bits per heavy atom. The van der Waals surface area contributed by atoms with E-state index < -0.39 is 0 Å². The Bertz CT molecular complexity index is 465. The first-order valence-corrected chi connectivity index (χ1v) is 6.17. The van der Waals surface area contributed by atoms with Crippen molar-refractivity contribution in [3.8, 4) is 0 Å². The zero-order valence-corrected chi connectivity index (χ0v) is 10.9. The van der Waals surface area contributed by atoms with Crippen molar-refractivity contribution >= 4 is 11.4 Å². The molecule has 1 aromatic heterocycles. The van der Waals surface area contributed by atoms with E-state index in [0.29, 0.717) is 0 Å². The standard InChI is InChI=1S/C15H19N3/c1-16-14-5-7-15(8-6-14)18(2)11-9-13-4-3-10-17-12-13/h3-8,10,12,16H,9,11H2,1-2H3. The lowest BCUT2D eigenvalue weighted by Crippen LogP contribution is -2.20. The van der Waals surface area contributed by atoms with E-state index in [1.54, 1.807) is 0 Å². The van der Waals surface area contributed by atoms with E-state index in [-0.39, 0.29) is 0 Å². The van der Waals surface area contributed by atoms with Gasteiger partial charge in [-0.2, -0.15) is 0 Å². The minimum atomic E-state index is 0.991. The van der Waals surface area contributed by atoms with Crippen molar-refractivity contribution in [2.75, 3.05) is 30.9 Å². The van der Waals surface area contributed by atoms with Crippen LogP contribution in [-0.4, -0.2) is 25.6 Å². The van der Waals surface area contributed by atoms with Crippen LogP contribution in [0.1, 0.15) is 5.56 Å². The third-order valence-corrected chi connectivity index (χ3v) is 3.06. The van der Waals surface area contributed by atoms with Gasteiger partial charge in [0.2, 0.25) is 0 Å². The van der Waals surface area contributed by atoms with Gasteiger partial charge in [-0.25, -0.2) is 0 Å². The fourth-order valence-corrected chi connectivity index (χ4v) is 1.85. The van der Waals surface area contributed by atoms with Gasteiger partial charge >= 0.3 is 0 Å². The zero-order chi connectivity index (χ0) is 12.8. The lowest BCUT2D eigenvalue weighted by Gasteiger charge is -2.19. The second kappa shape index (κ2) is 6.05. The molecule has 94 valence electrons. The van der Waals surface area contributed by atoms with Crippen LogP contribution in [0.25, 0.3) is 0 Å². The van der Waals surface area contributed by atoms with Gasteiger partial charge in [-0.15, -0.1) is 0 Å². The Kier molecular flexibility index (Phi) is 4.18. The number of anilines is 2. The molecule has 1 aromatic carbocycles. The molecule has 3 heteroatoms. The third-order valence-electron chi connectivity index (χ3n) is 3.06. The van der Waals surface area contributed by atoms with Gasteiger partial charge < -0.3 is 10.2 Å². The summed E-state index contributed by atoms with van der Waals surface area (Å²) in [7, 11) is 4.05. The first-order chi connectivity index (χ1) is 8.79. The summed E-state index contributed by atoms with van der Waals surface area (Å²) in [6.07, 6.45) is 4.75. The van der Waals surface area contributed by atoms with Gasteiger partial charge in [0.1, 0.15) is 0 Å². The molecular formula is C15H19N3. The number of rotatable bonds is 5. The summed E-state index contributed by atoms with van der Waals surface area (Å²) in [6, 6.07) is 12.6. The van der Waals surface area contributed by atoms with Crippen molar-refractivity contribution in [3.05, 3.63) is 54.4 Å². The van der Waals surface area contributed by atoms with Crippen LogP contribution in [0.15, 0.2) is 48.8 Å². The minimum absolute atomic E-state index is 0.991. The molecule has 1 N–H and O–H groups in total. The summed E-state index contributed by atoms with van der Waals surface area (Å²) in [5.41, 5.74) is 3.65. The van der Waals surface area contributed by atoms with E-state index in [1.165, 1.54) is 11.3 Å². The highest BCUT2D eigenvalue weighted by atomic mass is 15.1. The highest BCUT2D eigenvalue weighted by Gasteiger charge is 2.01. The van der Waals surface area contributed by atoms with Gasteiger partial charge in [0.05, 0.1) is 0 Å². The Morgan fingerprint density at radius 2 is 1.94 bits per heavy atom. The normalized spacial score (nSPS) is 10.1. The van der Waals surface area contributed by atoms with E-state index >= 15 is 0 Å². The molecule has 2 aromatic rings. The molecule has 0 bridgehead atoms. The van der Waals surface area contributed by atoms with Crippen molar-refractivity contribution in [2.24, 2.45) is 0 Å². The first kappa shape index (κ1) is 12.4. The van der Waals surface area contributed by atoms with Crippen LogP contribution < -0.4 is 10.2 Å². The van der Waals surface area contributed by atoms with Crippen LogP contribution in [0.2, 0.25) is 0 Å². The van der Waals surface area contributed by atoms with Crippen LogP contribution >= 0.6 is 0 Å². The average molecular weight is 241 g/mol. The van der Waals surface area contributed by atoms with Crippen molar-refractivity contribution in [3.63, 3.8) is 0 Å². The molecule has 0 aliphatic heterocycles. The molecule has 0 spiro atoms. The number of benzene rings is 1. The lowest BCUT2D eigenvalue weighted by molar-refractivity contribution is 0.872. The molecule has 3 nitrogen and oxygen atoms in total. The predicted octanol–water partition coefficient (Wildman–Crippen LogP) is 2.80. The molecular weight excluding hydrogens is 222 g/mol. The van der Waals surface area contributed by atoms with Gasteiger partial charge in [-0.05, 0) is 42.3 Å². The quantitative estimate of drug-likeness (QED) is 0.872. The molecule has 0 saturated carbocycles. The first-order valence-electron chi connectivity index (χ1n) is 6.17.